The zero-order valence-corrected chi connectivity index (χ0v) is 13.8. The number of hydrogen-bond donors (Lipinski definition) is 3. The van der Waals surface area contributed by atoms with E-state index in [0.29, 0.717) is 10.4 Å². The highest BCUT2D eigenvalue weighted by molar-refractivity contribution is 9.10. The largest absolute Gasteiger partial charge is 0.504 e. The van der Waals surface area contributed by atoms with Crippen LogP contribution in [0.2, 0.25) is 5.02 Å². The monoisotopic (exact) mass is 374 g/mol. The predicted molar refractivity (Wildman–Crippen MR) is 84.3 cm³/mol. The fourth-order valence-electron chi connectivity index (χ4n) is 1.99. The number of aromatic hydroxyl groups is 1. The van der Waals surface area contributed by atoms with Crippen LogP contribution < -0.4 is 10.6 Å². The molecule has 0 saturated heterocycles. The van der Waals surface area contributed by atoms with Gasteiger partial charge in [-0.15, -0.1) is 0 Å². The highest BCUT2D eigenvalue weighted by atomic mass is 79.9. The molecule has 21 heavy (non-hydrogen) atoms. The second-order valence-electron chi connectivity index (χ2n) is 5.19. The number of phenolic OH excluding ortho intramolecular Hbond substituents is 1. The van der Waals surface area contributed by atoms with Crippen LogP contribution in [-0.4, -0.2) is 23.5 Å². The Morgan fingerprint density at radius 2 is 2.14 bits per heavy atom. The smallest absolute Gasteiger partial charge is 0.226 e. The Hall–Kier alpha value is -1.27. The fraction of sp³-hybridized carbons (Fsp3) is 0.429. The summed E-state index contributed by atoms with van der Waals surface area (Å²) in [7, 11) is 0. The van der Waals surface area contributed by atoms with Crippen molar-refractivity contribution in [3.05, 3.63) is 21.6 Å². The first-order chi connectivity index (χ1) is 9.88. The van der Waals surface area contributed by atoms with Gasteiger partial charge in [-0.2, -0.15) is 0 Å². The number of carbonyl (C=O) groups excluding carboxylic acids is 2. The van der Waals surface area contributed by atoms with Crippen LogP contribution in [-0.2, 0) is 9.59 Å². The number of halogens is 2. The molecule has 0 radical (unpaired) electrons. The lowest BCUT2D eigenvalue weighted by atomic mass is 10.2. The Morgan fingerprint density at radius 1 is 1.48 bits per heavy atom. The second kappa shape index (κ2) is 6.66. The molecular weight excluding hydrogens is 360 g/mol. The van der Waals surface area contributed by atoms with Gasteiger partial charge in [0.05, 0.1) is 10.7 Å². The molecule has 2 rings (SSSR count). The van der Waals surface area contributed by atoms with Gasteiger partial charge in [0.1, 0.15) is 0 Å². The van der Waals surface area contributed by atoms with Crippen LogP contribution in [0.1, 0.15) is 19.8 Å². The number of hydrogen-bond acceptors (Lipinski definition) is 3. The molecule has 1 saturated carbocycles. The zero-order valence-electron chi connectivity index (χ0n) is 11.5. The van der Waals surface area contributed by atoms with Gasteiger partial charge in [-0.3, -0.25) is 9.59 Å². The number of rotatable bonds is 5. The minimum atomic E-state index is -0.302. The van der Waals surface area contributed by atoms with Crippen LogP contribution in [0.15, 0.2) is 16.6 Å². The van der Waals surface area contributed by atoms with Crippen molar-refractivity contribution in [1.29, 1.82) is 0 Å². The standard InChI is InChI=1S/C14H16BrClN2O3/c1-7-4-9(7)14(21)17-3-2-12(19)18-11-6-8(15)5-10(16)13(11)20/h5-7,9,20H,2-4H2,1H3,(H,17,21)(H,18,19)/t7-,9+/m0/s1. The quantitative estimate of drug-likeness (QED) is 0.692. The Kier molecular flexibility index (Phi) is 5.11. The molecule has 2 atom stereocenters. The predicted octanol–water partition coefficient (Wildman–Crippen LogP) is 2.91. The van der Waals surface area contributed by atoms with Gasteiger partial charge >= 0.3 is 0 Å². The van der Waals surface area contributed by atoms with Gasteiger partial charge in [0.2, 0.25) is 11.8 Å². The third-order valence-corrected chi connectivity index (χ3v) is 4.15. The van der Waals surface area contributed by atoms with Gasteiger partial charge in [-0.1, -0.05) is 34.5 Å². The Balaban J connectivity index is 1.81. The summed E-state index contributed by atoms with van der Waals surface area (Å²) < 4.78 is 0.650. The van der Waals surface area contributed by atoms with E-state index in [1.165, 1.54) is 6.07 Å². The molecule has 2 amide bonds. The van der Waals surface area contributed by atoms with Gasteiger partial charge in [0.25, 0.3) is 0 Å². The lowest BCUT2D eigenvalue weighted by Gasteiger charge is -2.09. The maximum atomic E-state index is 11.8. The molecule has 1 aliphatic rings. The van der Waals surface area contributed by atoms with Gasteiger partial charge in [0, 0.05) is 23.4 Å². The normalized spacial score (nSPS) is 20.0. The first kappa shape index (κ1) is 16.1. The van der Waals surface area contributed by atoms with Gasteiger partial charge in [0.15, 0.2) is 5.75 Å². The van der Waals surface area contributed by atoms with Crippen LogP contribution >= 0.6 is 27.5 Å². The Bertz CT molecular complexity index is 580. The van der Waals surface area contributed by atoms with Crippen molar-refractivity contribution >= 4 is 45.0 Å². The van der Waals surface area contributed by atoms with Crippen LogP contribution in [0, 0.1) is 11.8 Å². The van der Waals surface area contributed by atoms with Crippen molar-refractivity contribution in [2.75, 3.05) is 11.9 Å². The molecular formula is C14H16BrClN2O3. The van der Waals surface area contributed by atoms with E-state index in [1.807, 2.05) is 6.92 Å². The topological polar surface area (TPSA) is 78.4 Å². The molecule has 0 bridgehead atoms. The molecule has 1 aliphatic carbocycles. The minimum Gasteiger partial charge on any atom is -0.504 e. The molecule has 0 unspecified atom stereocenters. The highest BCUT2D eigenvalue weighted by Crippen LogP contribution is 2.37. The van der Waals surface area contributed by atoms with Crippen molar-refractivity contribution in [3.63, 3.8) is 0 Å². The third-order valence-electron chi connectivity index (χ3n) is 3.40. The SMILES string of the molecule is C[C@H]1C[C@H]1C(=O)NCCC(=O)Nc1cc(Br)cc(Cl)c1O. The van der Waals surface area contributed by atoms with E-state index in [0.717, 1.165) is 6.42 Å². The van der Waals surface area contributed by atoms with Crippen molar-refractivity contribution in [2.24, 2.45) is 11.8 Å². The molecule has 5 nitrogen and oxygen atoms in total. The fourth-order valence-corrected chi connectivity index (χ4v) is 2.80. The van der Waals surface area contributed by atoms with E-state index < -0.39 is 0 Å². The van der Waals surface area contributed by atoms with E-state index in [2.05, 4.69) is 26.6 Å². The summed E-state index contributed by atoms with van der Waals surface area (Å²) in [6.07, 6.45) is 1.05. The first-order valence-corrected chi connectivity index (χ1v) is 7.81. The molecule has 0 aliphatic heterocycles. The molecule has 0 spiro atoms. The lowest BCUT2D eigenvalue weighted by molar-refractivity contribution is -0.122. The van der Waals surface area contributed by atoms with Crippen LogP contribution in [0.25, 0.3) is 0 Å². The molecule has 1 aromatic carbocycles. The molecule has 114 valence electrons. The minimum absolute atomic E-state index is 0.00338. The molecule has 0 aromatic heterocycles. The summed E-state index contributed by atoms with van der Waals surface area (Å²) in [4.78, 5) is 23.4. The number of amides is 2. The first-order valence-electron chi connectivity index (χ1n) is 6.64. The maximum absolute atomic E-state index is 11.8. The van der Waals surface area contributed by atoms with Crippen LogP contribution in [0.5, 0.6) is 5.75 Å². The summed E-state index contributed by atoms with van der Waals surface area (Å²) in [6.45, 7) is 2.30. The summed E-state index contributed by atoms with van der Waals surface area (Å²) in [5, 5.41) is 15.2. The average Bonchev–Trinajstić information content (AvgIpc) is 3.12. The van der Waals surface area contributed by atoms with Gasteiger partial charge in [-0.25, -0.2) is 0 Å². The van der Waals surface area contributed by atoms with Crippen molar-refractivity contribution in [1.82, 2.24) is 5.32 Å². The van der Waals surface area contributed by atoms with Crippen LogP contribution in [0.3, 0.4) is 0 Å². The van der Waals surface area contributed by atoms with Crippen molar-refractivity contribution in [3.8, 4) is 5.75 Å². The maximum Gasteiger partial charge on any atom is 0.226 e. The third kappa shape index (κ3) is 4.35. The van der Waals surface area contributed by atoms with E-state index >= 15 is 0 Å². The molecule has 3 N–H and O–H groups in total. The van der Waals surface area contributed by atoms with Gasteiger partial charge < -0.3 is 15.7 Å². The summed E-state index contributed by atoms with van der Waals surface area (Å²) in [5.41, 5.74) is 0.238. The van der Waals surface area contributed by atoms with Crippen molar-refractivity contribution in [2.45, 2.75) is 19.8 Å². The number of nitrogens with one attached hydrogen (secondary N) is 2. The lowest BCUT2D eigenvalue weighted by Crippen LogP contribution is -2.29. The van der Waals surface area contributed by atoms with E-state index in [-0.39, 0.29) is 47.2 Å². The zero-order chi connectivity index (χ0) is 15.6. The van der Waals surface area contributed by atoms with E-state index in [4.69, 9.17) is 11.6 Å². The Morgan fingerprint density at radius 3 is 2.76 bits per heavy atom. The number of anilines is 1. The number of phenols is 1. The molecule has 7 heteroatoms. The number of carbonyl (C=O) groups is 2. The summed E-state index contributed by atoms with van der Waals surface area (Å²) >= 11 is 9.05. The van der Waals surface area contributed by atoms with Crippen molar-refractivity contribution < 1.29 is 14.7 Å². The molecule has 1 aromatic rings. The number of benzene rings is 1. The molecule has 1 fully saturated rings. The molecule has 0 heterocycles. The van der Waals surface area contributed by atoms with Crippen LogP contribution in [0.4, 0.5) is 5.69 Å². The average molecular weight is 376 g/mol. The summed E-state index contributed by atoms with van der Waals surface area (Å²) in [5.74, 6) is 0.0666. The highest BCUT2D eigenvalue weighted by Gasteiger charge is 2.38. The van der Waals surface area contributed by atoms with E-state index in [1.54, 1.807) is 6.07 Å². The van der Waals surface area contributed by atoms with E-state index in [9.17, 15) is 14.7 Å². The second-order valence-corrected chi connectivity index (χ2v) is 6.52. The van der Waals surface area contributed by atoms with Gasteiger partial charge in [-0.05, 0) is 24.5 Å². The Labute approximate surface area is 136 Å². The summed E-state index contributed by atoms with van der Waals surface area (Å²) in [6, 6.07) is 3.09.